The zero-order valence-electron chi connectivity index (χ0n) is 11.7. The van der Waals surface area contributed by atoms with Crippen LogP contribution in [0.5, 0.6) is 0 Å². The molecule has 1 aliphatic carbocycles. The highest BCUT2D eigenvalue weighted by Gasteiger charge is 2.42. The van der Waals surface area contributed by atoms with Gasteiger partial charge in [-0.05, 0) is 41.0 Å². The molecule has 2 atom stereocenters. The summed E-state index contributed by atoms with van der Waals surface area (Å²) in [5, 5.41) is 10.4. The van der Waals surface area contributed by atoms with Crippen LogP contribution in [0.15, 0.2) is 29.8 Å². The number of primary amides is 1. The number of hydrogen-bond acceptors (Lipinski definition) is 2. The van der Waals surface area contributed by atoms with Crippen molar-refractivity contribution in [3.8, 4) is 0 Å². The predicted octanol–water partition coefficient (Wildman–Crippen LogP) is 2.60. The van der Waals surface area contributed by atoms with E-state index in [1.165, 1.54) is 0 Å². The molecule has 0 spiro atoms. The molecule has 2 rings (SSSR count). The van der Waals surface area contributed by atoms with Crippen LogP contribution in [-0.4, -0.2) is 17.1 Å². The van der Waals surface area contributed by atoms with Gasteiger partial charge in [-0.2, -0.15) is 0 Å². The summed E-state index contributed by atoms with van der Waals surface area (Å²) in [6.07, 6.45) is 2.43. The van der Waals surface area contributed by atoms with Gasteiger partial charge in [-0.15, -0.1) is 0 Å². The van der Waals surface area contributed by atoms with Crippen LogP contribution in [0.3, 0.4) is 0 Å². The van der Waals surface area contributed by atoms with Crippen LogP contribution in [0, 0.1) is 11.3 Å². The van der Waals surface area contributed by atoms with Crippen molar-refractivity contribution in [3.05, 3.63) is 41.0 Å². The first-order chi connectivity index (χ1) is 8.82. The topological polar surface area (TPSA) is 63.3 Å². The molecule has 0 radical (unpaired) electrons. The van der Waals surface area contributed by atoms with Crippen LogP contribution in [0.4, 0.5) is 0 Å². The molecule has 19 heavy (non-hydrogen) atoms. The number of nitrogens with two attached hydrogens (primary N) is 1. The van der Waals surface area contributed by atoms with Crippen LogP contribution in [0.1, 0.15) is 43.1 Å². The van der Waals surface area contributed by atoms with E-state index in [2.05, 4.69) is 20.8 Å². The molecular weight excluding hydrogens is 238 g/mol. The fraction of sp³-hybridized carbons (Fsp3) is 0.438. The maximum absolute atomic E-state index is 11.2. The lowest BCUT2D eigenvalue weighted by atomic mass is 9.81. The number of aliphatic hydroxyl groups is 1. The third-order valence-corrected chi connectivity index (χ3v) is 4.39. The lowest BCUT2D eigenvalue weighted by Gasteiger charge is -2.27. The van der Waals surface area contributed by atoms with Crippen molar-refractivity contribution < 1.29 is 9.90 Å². The van der Waals surface area contributed by atoms with Gasteiger partial charge in [0.15, 0.2) is 0 Å². The maximum atomic E-state index is 11.2. The van der Waals surface area contributed by atoms with Crippen molar-refractivity contribution in [3.63, 3.8) is 0 Å². The van der Waals surface area contributed by atoms with Gasteiger partial charge in [0.25, 0.3) is 0 Å². The number of hydrogen-bond donors (Lipinski definition) is 2. The average molecular weight is 259 g/mol. The number of carbonyl (C=O) groups excluding carboxylic acids is 1. The maximum Gasteiger partial charge on any atom is 0.248 e. The fourth-order valence-corrected chi connectivity index (χ4v) is 2.61. The second-order valence-electron chi connectivity index (χ2n) is 6.04. The van der Waals surface area contributed by atoms with Gasteiger partial charge < -0.3 is 10.8 Å². The molecule has 1 aliphatic rings. The van der Waals surface area contributed by atoms with E-state index >= 15 is 0 Å². The van der Waals surface area contributed by atoms with Crippen LogP contribution >= 0.6 is 0 Å². The third-order valence-electron chi connectivity index (χ3n) is 4.39. The smallest absolute Gasteiger partial charge is 0.248 e. The van der Waals surface area contributed by atoms with E-state index in [1.54, 1.807) is 12.1 Å². The lowest BCUT2D eigenvalue weighted by molar-refractivity contribution is 0.0777. The van der Waals surface area contributed by atoms with Gasteiger partial charge in [0.1, 0.15) is 0 Å². The number of amides is 1. The number of carbonyl (C=O) groups is 1. The van der Waals surface area contributed by atoms with E-state index in [0.29, 0.717) is 11.5 Å². The standard InChI is InChI=1S/C16H21NO2/c1-10-7-13(14(18)16(10,2)3)9-11-5-4-6-12(8-11)15(17)19/h4-6,8-10,14,18H,7H2,1-3H3,(H2,17,19). The minimum Gasteiger partial charge on any atom is -0.388 e. The first-order valence-corrected chi connectivity index (χ1v) is 6.60. The third kappa shape index (κ3) is 2.56. The summed E-state index contributed by atoms with van der Waals surface area (Å²) in [6.45, 7) is 6.33. The molecule has 1 amide bonds. The van der Waals surface area contributed by atoms with E-state index in [0.717, 1.165) is 17.6 Å². The summed E-state index contributed by atoms with van der Waals surface area (Å²) in [6, 6.07) is 7.19. The van der Waals surface area contributed by atoms with Gasteiger partial charge in [0, 0.05) is 5.56 Å². The second-order valence-corrected chi connectivity index (χ2v) is 6.04. The Morgan fingerprint density at radius 3 is 2.68 bits per heavy atom. The molecule has 1 fully saturated rings. The Balaban J connectivity index is 2.32. The van der Waals surface area contributed by atoms with E-state index < -0.39 is 12.0 Å². The van der Waals surface area contributed by atoms with Crippen molar-refractivity contribution in [2.75, 3.05) is 0 Å². The molecule has 0 aromatic heterocycles. The van der Waals surface area contributed by atoms with E-state index in [-0.39, 0.29) is 5.41 Å². The predicted molar refractivity (Wildman–Crippen MR) is 76.5 cm³/mol. The zero-order valence-corrected chi connectivity index (χ0v) is 11.7. The van der Waals surface area contributed by atoms with Crippen molar-refractivity contribution in [2.24, 2.45) is 17.1 Å². The molecule has 102 valence electrons. The molecule has 3 heteroatoms. The molecule has 0 bridgehead atoms. The Labute approximate surface area is 114 Å². The Morgan fingerprint density at radius 1 is 1.47 bits per heavy atom. The van der Waals surface area contributed by atoms with Gasteiger partial charge in [0.05, 0.1) is 6.10 Å². The monoisotopic (exact) mass is 259 g/mol. The number of benzene rings is 1. The summed E-state index contributed by atoms with van der Waals surface area (Å²) < 4.78 is 0. The Kier molecular flexibility index (Phi) is 3.50. The van der Waals surface area contributed by atoms with Gasteiger partial charge in [0.2, 0.25) is 5.91 Å². The van der Waals surface area contributed by atoms with Crippen molar-refractivity contribution in [1.82, 2.24) is 0 Å². The average Bonchev–Trinajstić information content (AvgIpc) is 2.54. The Morgan fingerprint density at radius 2 is 2.16 bits per heavy atom. The van der Waals surface area contributed by atoms with Gasteiger partial charge >= 0.3 is 0 Å². The first-order valence-electron chi connectivity index (χ1n) is 6.60. The molecule has 0 aliphatic heterocycles. The molecule has 0 saturated heterocycles. The minimum atomic E-state index is -0.431. The van der Waals surface area contributed by atoms with Crippen LogP contribution in [-0.2, 0) is 0 Å². The van der Waals surface area contributed by atoms with Gasteiger partial charge in [-0.25, -0.2) is 0 Å². The largest absolute Gasteiger partial charge is 0.388 e. The molecule has 0 heterocycles. The molecule has 1 saturated carbocycles. The van der Waals surface area contributed by atoms with Crippen LogP contribution < -0.4 is 5.73 Å². The molecule has 2 unspecified atom stereocenters. The normalized spacial score (nSPS) is 27.7. The van der Waals surface area contributed by atoms with Crippen LogP contribution in [0.2, 0.25) is 0 Å². The molecule has 1 aromatic rings. The number of rotatable bonds is 2. The summed E-state index contributed by atoms with van der Waals surface area (Å²) in [7, 11) is 0. The quantitative estimate of drug-likeness (QED) is 0.857. The van der Waals surface area contributed by atoms with Crippen LogP contribution in [0.25, 0.3) is 6.08 Å². The second kappa shape index (κ2) is 4.82. The van der Waals surface area contributed by atoms with Gasteiger partial charge in [-0.3, -0.25) is 4.79 Å². The molecule has 1 aromatic carbocycles. The minimum absolute atomic E-state index is 0.104. The Bertz CT molecular complexity index is 531. The summed E-state index contributed by atoms with van der Waals surface area (Å²) in [5.41, 5.74) is 7.60. The van der Waals surface area contributed by atoms with Crippen molar-refractivity contribution in [1.29, 1.82) is 0 Å². The van der Waals surface area contributed by atoms with Crippen molar-refractivity contribution >= 4 is 12.0 Å². The molecule has 3 nitrogen and oxygen atoms in total. The van der Waals surface area contributed by atoms with Crippen molar-refractivity contribution in [2.45, 2.75) is 33.3 Å². The highest BCUT2D eigenvalue weighted by atomic mass is 16.3. The zero-order chi connectivity index (χ0) is 14.2. The highest BCUT2D eigenvalue weighted by molar-refractivity contribution is 5.93. The SMILES string of the molecule is CC1CC(=Cc2cccc(C(N)=O)c2)C(O)C1(C)C. The number of aliphatic hydroxyl groups excluding tert-OH is 1. The van der Waals surface area contributed by atoms with Gasteiger partial charge in [-0.1, -0.05) is 39.0 Å². The van der Waals surface area contributed by atoms with E-state index in [4.69, 9.17) is 5.73 Å². The Hall–Kier alpha value is -1.61. The molecular formula is C16H21NO2. The highest BCUT2D eigenvalue weighted by Crippen LogP contribution is 2.46. The summed E-state index contributed by atoms with van der Waals surface area (Å²) >= 11 is 0. The van der Waals surface area contributed by atoms with E-state index in [1.807, 2.05) is 18.2 Å². The first kappa shape index (κ1) is 13.8. The lowest BCUT2D eigenvalue weighted by Crippen LogP contribution is -2.28. The fourth-order valence-electron chi connectivity index (χ4n) is 2.61. The molecule has 3 N–H and O–H groups in total. The summed E-state index contributed by atoms with van der Waals surface area (Å²) in [4.78, 5) is 11.2. The summed E-state index contributed by atoms with van der Waals surface area (Å²) in [5.74, 6) is 0.00833. The van der Waals surface area contributed by atoms with E-state index in [9.17, 15) is 9.90 Å².